The molecule has 0 spiro atoms. The molecule has 86 valence electrons. The Morgan fingerprint density at radius 1 is 0.882 bits per heavy atom. The Balaban J connectivity index is 2.27. The summed E-state index contributed by atoms with van der Waals surface area (Å²) in [6.45, 7) is 0. The standard InChI is InChI=1S/C10H8N4O3/c15-8-7(13-10(17)14-8)4-1-2-5-6(3-4)12-9(16)11-5/h1-3,15H,(H2,11,12,16)(H2,13,14,17). The molecule has 3 aromatic rings. The number of fused-ring (bicyclic) bond motifs is 1. The monoisotopic (exact) mass is 232 g/mol. The maximum atomic E-state index is 11.1. The van der Waals surface area contributed by atoms with E-state index in [-0.39, 0.29) is 11.6 Å². The van der Waals surface area contributed by atoms with Crippen LogP contribution in [0.25, 0.3) is 22.3 Å². The van der Waals surface area contributed by atoms with E-state index in [2.05, 4.69) is 19.9 Å². The molecule has 2 aromatic heterocycles. The number of hydrogen-bond acceptors (Lipinski definition) is 3. The first-order chi connectivity index (χ1) is 8.13. The Morgan fingerprint density at radius 2 is 1.59 bits per heavy atom. The lowest BCUT2D eigenvalue weighted by molar-refractivity contribution is 0.457. The molecule has 0 unspecified atom stereocenters. The van der Waals surface area contributed by atoms with Crippen molar-refractivity contribution in [3.63, 3.8) is 0 Å². The molecule has 0 atom stereocenters. The minimum absolute atomic E-state index is 0.229. The summed E-state index contributed by atoms with van der Waals surface area (Å²) in [5.41, 5.74) is 1.37. The highest BCUT2D eigenvalue weighted by molar-refractivity contribution is 5.81. The molecule has 0 saturated carbocycles. The van der Waals surface area contributed by atoms with Gasteiger partial charge in [0.05, 0.1) is 11.0 Å². The number of aromatic nitrogens is 4. The fraction of sp³-hybridized carbons (Fsp3) is 0. The van der Waals surface area contributed by atoms with Crippen LogP contribution in [0, 0.1) is 0 Å². The molecular formula is C10H8N4O3. The van der Waals surface area contributed by atoms with Gasteiger partial charge >= 0.3 is 11.4 Å². The Morgan fingerprint density at radius 3 is 2.29 bits per heavy atom. The molecule has 17 heavy (non-hydrogen) atoms. The van der Waals surface area contributed by atoms with Crippen LogP contribution in [0.4, 0.5) is 0 Å². The molecule has 0 aliphatic carbocycles. The number of aromatic hydroxyl groups is 1. The smallest absolute Gasteiger partial charge is 0.326 e. The first-order valence-corrected chi connectivity index (χ1v) is 4.87. The van der Waals surface area contributed by atoms with Crippen molar-refractivity contribution in [3.05, 3.63) is 39.2 Å². The Bertz CT molecular complexity index is 805. The molecule has 7 nitrogen and oxygen atoms in total. The number of H-pyrrole nitrogens is 4. The maximum absolute atomic E-state index is 11.1. The summed E-state index contributed by atoms with van der Waals surface area (Å²) in [5, 5.41) is 9.50. The zero-order chi connectivity index (χ0) is 12.0. The molecule has 0 aliphatic rings. The predicted molar refractivity (Wildman–Crippen MR) is 61.0 cm³/mol. The summed E-state index contributed by atoms with van der Waals surface area (Å²) in [7, 11) is 0. The number of aromatic amines is 4. The van der Waals surface area contributed by atoms with Gasteiger partial charge in [-0.2, -0.15) is 0 Å². The molecule has 0 aliphatic heterocycles. The van der Waals surface area contributed by atoms with Gasteiger partial charge < -0.3 is 20.1 Å². The van der Waals surface area contributed by atoms with Crippen LogP contribution in [0.5, 0.6) is 5.88 Å². The quantitative estimate of drug-likeness (QED) is 0.413. The van der Waals surface area contributed by atoms with Crippen LogP contribution in [-0.2, 0) is 0 Å². The summed E-state index contributed by atoms with van der Waals surface area (Å²) in [4.78, 5) is 32.0. The molecule has 7 heteroatoms. The van der Waals surface area contributed by atoms with E-state index in [1.165, 1.54) is 0 Å². The minimum atomic E-state index is -0.486. The first-order valence-electron chi connectivity index (χ1n) is 4.87. The largest absolute Gasteiger partial charge is 0.493 e. The van der Waals surface area contributed by atoms with E-state index in [0.717, 1.165) is 0 Å². The Labute approximate surface area is 93.1 Å². The van der Waals surface area contributed by atoms with Gasteiger partial charge in [-0.3, -0.25) is 4.98 Å². The highest BCUT2D eigenvalue weighted by Gasteiger charge is 2.09. The van der Waals surface area contributed by atoms with Crippen LogP contribution >= 0.6 is 0 Å². The topological polar surface area (TPSA) is 118 Å². The molecule has 0 amide bonds. The summed E-state index contributed by atoms with van der Waals surface area (Å²) < 4.78 is 0. The van der Waals surface area contributed by atoms with Crippen molar-refractivity contribution in [2.75, 3.05) is 0 Å². The van der Waals surface area contributed by atoms with E-state index in [0.29, 0.717) is 22.3 Å². The Hall–Kier alpha value is -2.70. The van der Waals surface area contributed by atoms with Gasteiger partial charge in [-0.25, -0.2) is 9.59 Å². The van der Waals surface area contributed by atoms with Gasteiger partial charge in [-0.1, -0.05) is 6.07 Å². The van der Waals surface area contributed by atoms with Gasteiger partial charge in [0.25, 0.3) is 0 Å². The lowest BCUT2D eigenvalue weighted by atomic mass is 10.1. The average molecular weight is 232 g/mol. The van der Waals surface area contributed by atoms with Crippen molar-refractivity contribution >= 4 is 11.0 Å². The Kier molecular flexibility index (Phi) is 1.76. The van der Waals surface area contributed by atoms with E-state index in [9.17, 15) is 14.7 Å². The number of nitrogens with one attached hydrogen (secondary N) is 4. The van der Waals surface area contributed by atoms with Gasteiger partial charge in [-0.05, 0) is 12.1 Å². The lowest BCUT2D eigenvalue weighted by Crippen LogP contribution is -2.00. The van der Waals surface area contributed by atoms with Crippen LogP contribution in [0.1, 0.15) is 0 Å². The van der Waals surface area contributed by atoms with Gasteiger partial charge in [0.2, 0.25) is 5.88 Å². The van der Waals surface area contributed by atoms with E-state index in [1.807, 2.05) is 0 Å². The first kappa shape index (κ1) is 9.52. The zero-order valence-electron chi connectivity index (χ0n) is 8.50. The second-order valence-electron chi connectivity index (χ2n) is 3.64. The third-order valence-electron chi connectivity index (χ3n) is 2.51. The van der Waals surface area contributed by atoms with Crippen LogP contribution in [-0.4, -0.2) is 25.0 Å². The van der Waals surface area contributed by atoms with Gasteiger partial charge in [0, 0.05) is 5.56 Å². The predicted octanol–water partition coefficient (Wildman–Crippen LogP) is 0.245. The van der Waals surface area contributed by atoms with Crippen molar-refractivity contribution in [1.82, 2.24) is 19.9 Å². The second-order valence-corrected chi connectivity index (χ2v) is 3.64. The fourth-order valence-electron chi connectivity index (χ4n) is 1.77. The summed E-state index contributed by atoms with van der Waals surface area (Å²) in [6, 6.07) is 5.03. The summed E-state index contributed by atoms with van der Waals surface area (Å²) in [6.07, 6.45) is 0. The van der Waals surface area contributed by atoms with Crippen molar-refractivity contribution in [3.8, 4) is 17.1 Å². The van der Waals surface area contributed by atoms with Crippen LogP contribution in [0.2, 0.25) is 0 Å². The number of rotatable bonds is 1. The van der Waals surface area contributed by atoms with Crippen molar-refractivity contribution in [2.24, 2.45) is 0 Å². The zero-order valence-corrected chi connectivity index (χ0v) is 8.50. The molecule has 5 N–H and O–H groups in total. The van der Waals surface area contributed by atoms with Crippen LogP contribution < -0.4 is 11.4 Å². The van der Waals surface area contributed by atoms with E-state index in [4.69, 9.17) is 0 Å². The molecule has 0 bridgehead atoms. The van der Waals surface area contributed by atoms with Crippen LogP contribution in [0.15, 0.2) is 27.8 Å². The minimum Gasteiger partial charge on any atom is -0.493 e. The number of imidazole rings is 2. The van der Waals surface area contributed by atoms with Crippen molar-refractivity contribution in [2.45, 2.75) is 0 Å². The van der Waals surface area contributed by atoms with Crippen molar-refractivity contribution in [1.29, 1.82) is 0 Å². The summed E-state index contributed by atoms with van der Waals surface area (Å²) >= 11 is 0. The van der Waals surface area contributed by atoms with Crippen molar-refractivity contribution < 1.29 is 5.11 Å². The molecule has 2 heterocycles. The normalized spacial score (nSPS) is 11.1. The SMILES string of the molecule is O=c1[nH]c(O)c(-c2ccc3[nH]c(=O)[nH]c3c2)[nH]1. The van der Waals surface area contributed by atoms with E-state index >= 15 is 0 Å². The molecule has 0 fully saturated rings. The molecule has 0 radical (unpaired) electrons. The molecule has 1 aromatic carbocycles. The third kappa shape index (κ3) is 1.44. The molecular weight excluding hydrogens is 224 g/mol. The van der Waals surface area contributed by atoms with Gasteiger partial charge in [-0.15, -0.1) is 0 Å². The maximum Gasteiger partial charge on any atom is 0.326 e. The average Bonchev–Trinajstić information content (AvgIpc) is 2.78. The lowest BCUT2D eigenvalue weighted by Gasteiger charge is -1.98. The van der Waals surface area contributed by atoms with Gasteiger partial charge in [0.1, 0.15) is 5.69 Å². The third-order valence-corrected chi connectivity index (χ3v) is 2.51. The van der Waals surface area contributed by atoms with E-state index in [1.54, 1.807) is 18.2 Å². The second kappa shape index (κ2) is 3.14. The fourth-order valence-corrected chi connectivity index (χ4v) is 1.77. The highest BCUT2D eigenvalue weighted by atomic mass is 16.3. The summed E-state index contributed by atoms with van der Waals surface area (Å²) in [5.74, 6) is -0.229. The van der Waals surface area contributed by atoms with E-state index < -0.39 is 5.69 Å². The number of benzene rings is 1. The highest BCUT2D eigenvalue weighted by Crippen LogP contribution is 2.25. The van der Waals surface area contributed by atoms with Crippen LogP contribution in [0.3, 0.4) is 0 Å². The molecule has 0 saturated heterocycles. The van der Waals surface area contributed by atoms with Gasteiger partial charge in [0.15, 0.2) is 0 Å². The molecule has 3 rings (SSSR count). The number of hydrogen-bond donors (Lipinski definition) is 5.